The van der Waals surface area contributed by atoms with Crippen LogP contribution in [0.15, 0.2) is 12.1 Å². The zero-order valence-corrected chi connectivity index (χ0v) is 10.3. The van der Waals surface area contributed by atoms with Crippen LogP contribution >= 0.6 is 0 Å². The molecule has 0 spiro atoms. The van der Waals surface area contributed by atoms with E-state index in [0.29, 0.717) is 18.3 Å². The van der Waals surface area contributed by atoms with Crippen LogP contribution in [-0.4, -0.2) is 6.61 Å². The molecule has 0 aliphatic heterocycles. The molecule has 3 rings (SSSR count). The molecule has 0 radical (unpaired) electrons. The van der Waals surface area contributed by atoms with Crippen LogP contribution in [0.4, 0.5) is 4.39 Å². The molecular formula is C15H19FO. The van der Waals surface area contributed by atoms with Crippen molar-refractivity contribution in [3.63, 3.8) is 0 Å². The predicted molar refractivity (Wildman–Crippen MR) is 65.9 cm³/mol. The van der Waals surface area contributed by atoms with Crippen molar-refractivity contribution in [1.29, 1.82) is 0 Å². The van der Waals surface area contributed by atoms with E-state index in [2.05, 4.69) is 0 Å². The molecule has 17 heavy (non-hydrogen) atoms. The first-order valence-electron chi connectivity index (χ1n) is 6.67. The fourth-order valence-corrected chi connectivity index (χ4v) is 2.37. The lowest BCUT2D eigenvalue weighted by molar-refractivity contribution is 0.287. The minimum absolute atomic E-state index is 0.148. The summed E-state index contributed by atoms with van der Waals surface area (Å²) in [6.45, 7) is 2.53. The van der Waals surface area contributed by atoms with E-state index < -0.39 is 0 Å². The quantitative estimate of drug-likeness (QED) is 0.742. The van der Waals surface area contributed by atoms with Gasteiger partial charge in [-0.25, -0.2) is 4.39 Å². The first-order valence-corrected chi connectivity index (χ1v) is 6.67. The molecule has 1 aromatic carbocycles. The van der Waals surface area contributed by atoms with Crippen LogP contribution < -0.4 is 4.74 Å². The van der Waals surface area contributed by atoms with E-state index in [-0.39, 0.29) is 5.82 Å². The molecule has 2 heteroatoms. The molecule has 92 valence electrons. The average Bonchev–Trinajstić information content (AvgIpc) is 3.14. The minimum Gasteiger partial charge on any atom is -0.490 e. The highest BCUT2D eigenvalue weighted by Crippen LogP contribution is 2.43. The van der Waals surface area contributed by atoms with Crippen molar-refractivity contribution >= 4 is 0 Å². The second-order valence-corrected chi connectivity index (χ2v) is 5.45. The van der Waals surface area contributed by atoms with Crippen molar-refractivity contribution < 1.29 is 9.13 Å². The second kappa shape index (κ2) is 4.32. The summed E-state index contributed by atoms with van der Waals surface area (Å²) in [6, 6.07) is 3.85. The minimum atomic E-state index is -0.148. The summed E-state index contributed by atoms with van der Waals surface area (Å²) in [5, 5.41) is 0. The lowest BCUT2D eigenvalue weighted by Crippen LogP contribution is -2.02. The van der Waals surface area contributed by atoms with Gasteiger partial charge in [-0.1, -0.05) is 18.9 Å². The Bertz CT molecular complexity index is 419. The van der Waals surface area contributed by atoms with Crippen LogP contribution in [0.2, 0.25) is 0 Å². The Morgan fingerprint density at radius 2 is 2.00 bits per heavy atom. The molecule has 2 fully saturated rings. The molecule has 0 heterocycles. The van der Waals surface area contributed by atoms with Gasteiger partial charge in [0, 0.05) is 0 Å². The Balaban J connectivity index is 1.68. The number of rotatable bonds is 5. The van der Waals surface area contributed by atoms with Crippen LogP contribution in [0.25, 0.3) is 0 Å². The van der Waals surface area contributed by atoms with E-state index in [1.165, 1.54) is 31.2 Å². The maximum atomic E-state index is 14.1. The Hall–Kier alpha value is -1.05. The third-order valence-electron chi connectivity index (χ3n) is 3.89. The Labute approximate surface area is 102 Å². The first kappa shape index (κ1) is 11.1. The van der Waals surface area contributed by atoms with Gasteiger partial charge in [-0.05, 0) is 55.2 Å². The van der Waals surface area contributed by atoms with Crippen molar-refractivity contribution in [3.8, 4) is 5.75 Å². The van der Waals surface area contributed by atoms with Crippen molar-refractivity contribution in [2.24, 2.45) is 5.92 Å². The lowest BCUT2D eigenvalue weighted by atomic mass is 10.0. The van der Waals surface area contributed by atoms with E-state index in [0.717, 1.165) is 17.9 Å². The molecule has 0 unspecified atom stereocenters. The summed E-state index contributed by atoms with van der Waals surface area (Å²) in [5.74, 6) is 1.73. The molecule has 1 aromatic rings. The van der Waals surface area contributed by atoms with Crippen molar-refractivity contribution in [2.45, 2.75) is 44.9 Å². The molecule has 2 aliphatic carbocycles. The molecule has 0 saturated heterocycles. The average molecular weight is 234 g/mol. The van der Waals surface area contributed by atoms with Crippen LogP contribution in [0.3, 0.4) is 0 Å². The standard InChI is InChI=1S/C15H19FO/c1-10-13(12-4-5-12)6-7-14(15(10)16)17-9-8-11-2-3-11/h6-7,11-12H,2-5,8-9H2,1H3. The highest BCUT2D eigenvalue weighted by atomic mass is 19.1. The van der Waals surface area contributed by atoms with Crippen molar-refractivity contribution in [3.05, 3.63) is 29.1 Å². The number of halogens is 1. The van der Waals surface area contributed by atoms with Crippen LogP contribution in [0.1, 0.15) is 49.1 Å². The highest BCUT2D eigenvalue weighted by molar-refractivity contribution is 5.40. The lowest BCUT2D eigenvalue weighted by Gasteiger charge is -2.11. The fourth-order valence-electron chi connectivity index (χ4n) is 2.37. The van der Waals surface area contributed by atoms with E-state index in [1.54, 1.807) is 0 Å². The number of hydrogen-bond acceptors (Lipinski definition) is 1. The zero-order valence-electron chi connectivity index (χ0n) is 10.3. The third kappa shape index (κ3) is 2.46. The topological polar surface area (TPSA) is 9.23 Å². The van der Waals surface area contributed by atoms with Gasteiger partial charge in [0.2, 0.25) is 0 Å². The van der Waals surface area contributed by atoms with Gasteiger partial charge in [-0.15, -0.1) is 0 Å². The van der Waals surface area contributed by atoms with Crippen LogP contribution in [0.5, 0.6) is 5.75 Å². The van der Waals surface area contributed by atoms with Gasteiger partial charge in [-0.3, -0.25) is 0 Å². The number of hydrogen-bond donors (Lipinski definition) is 0. The first-order chi connectivity index (χ1) is 8.25. The van der Waals surface area contributed by atoms with Gasteiger partial charge in [0.1, 0.15) is 0 Å². The largest absolute Gasteiger partial charge is 0.490 e. The van der Waals surface area contributed by atoms with Crippen LogP contribution in [0, 0.1) is 18.7 Å². The normalized spacial score (nSPS) is 19.4. The van der Waals surface area contributed by atoms with E-state index in [1.807, 2.05) is 19.1 Å². The van der Waals surface area contributed by atoms with Gasteiger partial charge < -0.3 is 4.74 Å². The molecule has 0 amide bonds. The molecule has 2 aliphatic rings. The third-order valence-corrected chi connectivity index (χ3v) is 3.89. The maximum Gasteiger partial charge on any atom is 0.168 e. The van der Waals surface area contributed by atoms with Gasteiger partial charge >= 0.3 is 0 Å². The predicted octanol–water partition coefficient (Wildman–Crippen LogP) is 4.19. The van der Waals surface area contributed by atoms with Gasteiger partial charge in [-0.2, -0.15) is 0 Å². The Morgan fingerprint density at radius 3 is 2.65 bits per heavy atom. The summed E-state index contributed by atoms with van der Waals surface area (Å²) in [5.41, 5.74) is 1.97. The van der Waals surface area contributed by atoms with E-state index in [9.17, 15) is 4.39 Å². The zero-order chi connectivity index (χ0) is 11.8. The summed E-state index contributed by atoms with van der Waals surface area (Å²) in [6.07, 6.45) is 6.14. The van der Waals surface area contributed by atoms with Gasteiger partial charge in [0.15, 0.2) is 11.6 Å². The second-order valence-electron chi connectivity index (χ2n) is 5.45. The number of ether oxygens (including phenoxy) is 1. The summed E-state index contributed by atoms with van der Waals surface area (Å²) < 4.78 is 19.6. The molecule has 0 atom stereocenters. The molecule has 0 bridgehead atoms. The van der Waals surface area contributed by atoms with E-state index >= 15 is 0 Å². The van der Waals surface area contributed by atoms with E-state index in [4.69, 9.17) is 4.74 Å². The summed E-state index contributed by atoms with van der Waals surface area (Å²) >= 11 is 0. The number of benzene rings is 1. The van der Waals surface area contributed by atoms with Crippen molar-refractivity contribution in [2.75, 3.05) is 6.61 Å². The smallest absolute Gasteiger partial charge is 0.168 e. The molecule has 0 N–H and O–H groups in total. The molecule has 1 nitrogen and oxygen atoms in total. The molecule has 2 saturated carbocycles. The van der Waals surface area contributed by atoms with Crippen molar-refractivity contribution in [1.82, 2.24) is 0 Å². The highest BCUT2D eigenvalue weighted by Gasteiger charge is 2.27. The van der Waals surface area contributed by atoms with Gasteiger partial charge in [0.05, 0.1) is 6.61 Å². The fraction of sp³-hybridized carbons (Fsp3) is 0.600. The van der Waals surface area contributed by atoms with Gasteiger partial charge in [0.25, 0.3) is 0 Å². The van der Waals surface area contributed by atoms with Crippen LogP contribution in [-0.2, 0) is 0 Å². The maximum absolute atomic E-state index is 14.1. The SMILES string of the molecule is Cc1c(C2CC2)ccc(OCCC2CC2)c1F. The summed E-state index contributed by atoms with van der Waals surface area (Å²) in [7, 11) is 0. The Kier molecular flexibility index (Phi) is 2.81. The molecular weight excluding hydrogens is 215 g/mol. The molecule has 0 aromatic heterocycles. The summed E-state index contributed by atoms with van der Waals surface area (Å²) in [4.78, 5) is 0. The Morgan fingerprint density at radius 1 is 1.24 bits per heavy atom. The monoisotopic (exact) mass is 234 g/mol.